The van der Waals surface area contributed by atoms with Gasteiger partial charge in [0, 0.05) is 6.54 Å². The summed E-state index contributed by atoms with van der Waals surface area (Å²) in [7, 11) is 1.97. The fourth-order valence-corrected chi connectivity index (χ4v) is 1.32. The Balaban J connectivity index is 2.57. The maximum Gasteiger partial charge on any atom is 0.146 e. The monoisotopic (exact) mass is 191 g/mol. The molecule has 0 spiro atoms. The molecule has 0 aromatic heterocycles. The summed E-state index contributed by atoms with van der Waals surface area (Å²) in [6, 6.07) is 10.2. The predicted molar refractivity (Wildman–Crippen MR) is 58.1 cm³/mol. The van der Waals surface area contributed by atoms with Gasteiger partial charge in [-0.2, -0.15) is 0 Å². The van der Waals surface area contributed by atoms with E-state index in [1.165, 1.54) is 5.56 Å². The molecule has 2 nitrogen and oxygen atoms in total. The van der Waals surface area contributed by atoms with Crippen LogP contribution in [-0.2, 0) is 11.3 Å². The lowest BCUT2D eigenvalue weighted by molar-refractivity contribution is -0.121. The van der Waals surface area contributed by atoms with Gasteiger partial charge in [0.25, 0.3) is 0 Å². The van der Waals surface area contributed by atoms with E-state index in [0.29, 0.717) is 0 Å². The fourth-order valence-electron chi connectivity index (χ4n) is 1.32. The van der Waals surface area contributed by atoms with Gasteiger partial charge in [-0.25, -0.2) is 0 Å². The van der Waals surface area contributed by atoms with Crippen LogP contribution in [-0.4, -0.2) is 23.8 Å². The zero-order chi connectivity index (χ0) is 10.6. The zero-order valence-electron chi connectivity index (χ0n) is 9.03. The summed E-state index contributed by atoms with van der Waals surface area (Å²) < 4.78 is 0. The van der Waals surface area contributed by atoms with Gasteiger partial charge in [-0.1, -0.05) is 30.3 Å². The van der Waals surface area contributed by atoms with Crippen molar-refractivity contribution in [3.8, 4) is 0 Å². The number of likely N-dealkylation sites (N-methyl/N-ethyl adjacent to an activating group) is 1. The number of carbonyl (C=O) groups is 1. The number of rotatable bonds is 4. The van der Waals surface area contributed by atoms with Gasteiger partial charge in [0.2, 0.25) is 0 Å². The third-order valence-corrected chi connectivity index (χ3v) is 2.52. The lowest BCUT2D eigenvalue weighted by Gasteiger charge is -2.22. The zero-order valence-corrected chi connectivity index (χ0v) is 9.03. The Morgan fingerprint density at radius 3 is 2.43 bits per heavy atom. The molecule has 0 bridgehead atoms. The number of hydrogen-bond acceptors (Lipinski definition) is 2. The highest BCUT2D eigenvalue weighted by molar-refractivity contribution is 5.80. The Labute approximate surface area is 85.5 Å². The first kappa shape index (κ1) is 10.9. The molecule has 1 rings (SSSR count). The molecular formula is C12H17NO. The second kappa shape index (κ2) is 4.91. The topological polar surface area (TPSA) is 20.3 Å². The Kier molecular flexibility index (Phi) is 3.84. The molecule has 1 atom stereocenters. The molecule has 76 valence electrons. The molecule has 0 N–H and O–H groups in total. The summed E-state index contributed by atoms with van der Waals surface area (Å²) in [6.45, 7) is 4.39. The number of carbonyl (C=O) groups excluding carboxylic acids is 1. The Morgan fingerprint density at radius 1 is 1.36 bits per heavy atom. The highest BCUT2D eigenvalue weighted by Gasteiger charge is 2.13. The van der Waals surface area contributed by atoms with E-state index in [4.69, 9.17) is 0 Å². The largest absolute Gasteiger partial charge is 0.298 e. The summed E-state index contributed by atoms with van der Waals surface area (Å²) in [6.07, 6.45) is 0. The average molecular weight is 191 g/mol. The number of benzene rings is 1. The van der Waals surface area contributed by atoms with Crippen LogP contribution in [0.2, 0.25) is 0 Å². The predicted octanol–water partition coefficient (Wildman–Crippen LogP) is 2.10. The minimum Gasteiger partial charge on any atom is -0.298 e. The Morgan fingerprint density at radius 2 is 1.93 bits per heavy atom. The molecule has 0 aliphatic heterocycles. The van der Waals surface area contributed by atoms with Gasteiger partial charge in [0.1, 0.15) is 5.78 Å². The first-order chi connectivity index (χ1) is 6.61. The van der Waals surface area contributed by atoms with Crippen LogP contribution >= 0.6 is 0 Å². The highest BCUT2D eigenvalue weighted by Crippen LogP contribution is 2.06. The minimum absolute atomic E-state index is 0.00444. The Hall–Kier alpha value is -1.15. The Bertz CT molecular complexity index is 294. The number of nitrogens with zero attached hydrogens (tertiary/aromatic N) is 1. The van der Waals surface area contributed by atoms with Gasteiger partial charge in [-0.15, -0.1) is 0 Å². The van der Waals surface area contributed by atoms with Crippen LogP contribution in [0.4, 0.5) is 0 Å². The molecule has 0 unspecified atom stereocenters. The van der Waals surface area contributed by atoms with E-state index in [-0.39, 0.29) is 11.8 Å². The van der Waals surface area contributed by atoms with Crippen LogP contribution in [0, 0.1) is 0 Å². The van der Waals surface area contributed by atoms with E-state index < -0.39 is 0 Å². The summed E-state index contributed by atoms with van der Waals surface area (Å²) in [4.78, 5) is 13.2. The standard InChI is InChI=1S/C12H17NO/c1-10(11(2)14)13(3)9-12-7-5-4-6-8-12/h4-8,10H,9H2,1-3H3/t10-/m0/s1. The van der Waals surface area contributed by atoms with Crippen LogP contribution in [0.3, 0.4) is 0 Å². The maximum atomic E-state index is 11.1. The average Bonchev–Trinajstić information content (AvgIpc) is 2.18. The third kappa shape index (κ3) is 2.96. The highest BCUT2D eigenvalue weighted by atomic mass is 16.1. The summed E-state index contributed by atoms with van der Waals surface area (Å²) in [5.74, 6) is 0.212. The van der Waals surface area contributed by atoms with E-state index in [2.05, 4.69) is 17.0 Å². The van der Waals surface area contributed by atoms with E-state index in [9.17, 15) is 4.79 Å². The molecule has 2 heteroatoms. The van der Waals surface area contributed by atoms with Gasteiger partial charge < -0.3 is 0 Å². The van der Waals surface area contributed by atoms with Crippen molar-refractivity contribution < 1.29 is 4.79 Å². The molecule has 0 aliphatic rings. The van der Waals surface area contributed by atoms with Gasteiger partial charge in [0.05, 0.1) is 6.04 Å². The molecule has 0 saturated carbocycles. The van der Waals surface area contributed by atoms with Crippen molar-refractivity contribution in [3.05, 3.63) is 35.9 Å². The van der Waals surface area contributed by atoms with Gasteiger partial charge in [0.15, 0.2) is 0 Å². The second-order valence-corrected chi connectivity index (χ2v) is 3.69. The van der Waals surface area contributed by atoms with Crippen molar-refractivity contribution >= 4 is 5.78 Å². The van der Waals surface area contributed by atoms with Crippen LogP contribution in [0.1, 0.15) is 19.4 Å². The van der Waals surface area contributed by atoms with Gasteiger partial charge in [-0.3, -0.25) is 9.69 Å². The van der Waals surface area contributed by atoms with E-state index >= 15 is 0 Å². The molecule has 0 amide bonds. The van der Waals surface area contributed by atoms with Crippen LogP contribution < -0.4 is 0 Å². The quantitative estimate of drug-likeness (QED) is 0.726. The lowest BCUT2D eigenvalue weighted by Crippen LogP contribution is -2.33. The molecule has 0 aliphatic carbocycles. The van der Waals surface area contributed by atoms with Crippen LogP contribution in [0.25, 0.3) is 0 Å². The van der Waals surface area contributed by atoms with Crippen LogP contribution in [0.5, 0.6) is 0 Å². The van der Waals surface area contributed by atoms with Crippen LogP contribution in [0.15, 0.2) is 30.3 Å². The summed E-state index contributed by atoms with van der Waals surface area (Å²) in [5, 5.41) is 0. The van der Waals surface area contributed by atoms with Crippen molar-refractivity contribution in [2.24, 2.45) is 0 Å². The molecule has 0 fully saturated rings. The van der Waals surface area contributed by atoms with Crippen molar-refractivity contribution in [3.63, 3.8) is 0 Å². The first-order valence-electron chi connectivity index (χ1n) is 4.86. The van der Waals surface area contributed by atoms with E-state index in [0.717, 1.165) is 6.54 Å². The second-order valence-electron chi connectivity index (χ2n) is 3.69. The lowest BCUT2D eigenvalue weighted by atomic mass is 10.1. The third-order valence-electron chi connectivity index (χ3n) is 2.52. The van der Waals surface area contributed by atoms with Crippen molar-refractivity contribution in [1.29, 1.82) is 0 Å². The molecular weight excluding hydrogens is 174 g/mol. The van der Waals surface area contributed by atoms with Gasteiger partial charge in [-0.05, 0) is 26.5 Å². The van der Waals surface area contributed by atoms with Crippen molar-refractivity contribution in [2.45, 2.75) is 26.4 Å². The summed E-state index contributed by atoms with van der Waals surface area (Å²) in [5.41, 5.74) is 1.24. The maximum absolute atomic E-state index is 11.1. The van der Waals surface area contributed by atoms with E-state index in [1.807, 2.05) is 32.2 Å². The number of hydrogen-bond donors (Lipinski definition) is 0. The molecule has 0 heterocycles. The van der Waals surface area contributed by atoms with E-state index in [1.54, 1.807) is 6.92 Å². The minimum atomic E-state index is -0.00444. The molecule has 0 saturated heterocycles. The number of Topliss-reactive ketones (excluding diaryl/α,β-unsaturated/α-hetero) is 1. The SMILES string of the molecule is CC(=O)[C@H](C)N(C)Cc1ccccc1. The van der Waals surface area contributed by atoms with Crippen molar-refractivity contribution in [1.82, 2.24) is 4.90 Å². The molecule has 1 aromatic carbocycles. The summed E-state index contributed by atoms with van der Waals surface area (Å²) >= 11 is 0. The van der Waals surface area contributed by atoms with Gasteiger partial charge >= 0.3 is 0 Å². The van der Waals surface area contributed by atoms with Crippen molar-refractivity contribution in [2.75, 3.05) is 7.05 Å². The normalized spacial score (nSPS) is 12.9. The molecule has 0 radical (unpaired) electrons. The fraction of sp³-hybridized carbons (Fsp3) is 0.417. The molecule has 14 heavy (non-hydrogen) atoms. The first-order valence-corrected chi connectivity index (χ1v) is 4.86. The molecule has 1 aromatic rings. The number of ketones is 1. The smallest absolute Gasteiger partial charge is 0.146 e.